The van der Waals surface area contributed by atoms with E-state index in [2.05, 4.69) is 20.6 Å². The first kappa shape index (κ1) is 13.5. The van der Waals surface area contributed by atoms with Crippen LogP contribution >= 0.6 is 0 Å². The van der Waals surface area contributed by atoms with Crippen molar-refractivity contribution >= 4 is 23.2 Å². The lowest BCUT2D eigenvalue weighted by molar-refractivity contribution is -0.385. The summed E-state index contributed by atoms with van der Waals surface area (Å²) < 4.78 is 13.5. The van der Waals surface area contributed by atoms with E-state index in [1.807, 2.05) is 0 Å². The number of nitrogens with one attached hydrogen (secondary N) is 3. The fourth-order valence-corrected chi connectivity index (χ4v) is 1.60. The maximum Gasteiger partial charge on any atom is 0.285 e. The number of anilines is 2. The summed E-state index contributed by atoms with van der Waals surface area (Å²) in [6.07, 6.45) is 2.89. The van der Waals surface area contributed by atoms with Crippen LogP contribution in [0.3, 0.4) is 0 Å². The number of imidazole rings is 1. The molecule has 104 valence electrons. The minimum absolute atomic E-state index is 0.0137. The summed E-state index contributed by atoms with van der Waals surface area (Å²) in [4.78, 5) is 28.5. The van der Waals surface area contributed by atoms with E-state index in [-0.39, 0.29) is 17.2 Å². The van der Waals surface area contributed by atoms with Crippen LogP contribution in [-0.2, 0) is 0 Å². The average molecular weight is 279 g/mol. The van der Waals surface area contributed by atoms with Gasteiger partial charge in [-0.1, -0.05) is 0 Å². The van der Waals surface area contributed by atoms with Crippen LogP contribution in [0.25, 0.3) is 0 Å². The molecule has 0 unspecified atom stereocenters. The fourth-order valence-electron chi connectivity index (χ4n) is 1.60. The highest BCUT2D eigenvalue weighted by Gasteiger charge is 2.23. The molecule has 1 heterocycles. The second-order valence-corrected chi connectivity index (χ2v) is 3.75. The van der Waals surface area contributed by atoms with Crippen molar-refractivity contribution in [3.63, 3.8) is 0 Å². The normalized spacial score (nSPS) is 10.1. The van der Waals surface area contributed by atoms with Gasteiger partial charge in [0, 0.05) is 19.4 Å². The number of aromatic nitrogens is 2. The molecule has 0 fully saturated rings. The third-order valence-electron chi connectivity index (χ3n) is 2.53. The van der Waals surface area contributed by atoms with E-state index in [4.69, 9.17) is 0 Å². The molecule has 0 spiro atoms. The highest BCUT2D eigenvalue weighted by Crippen LogP contribution is 2.26. The lowest BCUT2D eigenvalue weighted by atomic mass is 10.1. The second kappa shape index (κ2) is 5.34. The van der Waals surface area contributed by atoms with Crippen LogP contribution in [-0.4, -0.2) is 27.8 Å². The van der Waals surface area contributed by atoms with E-state index in [9.17, 15) is 19.3 Å². The van der Waals surface area contributed by atoms with Gasteiger partial charge in [0.15, 0.2) is 5.82 Å². The number of hydrogen-bond donors (Lipinski definition) is 3. The third-order valence-corrected chi connectivity index (χ3v) is 2.53. The molecule has 0 bridgehead atoms. The van der Waals surface area contributed by atoms with E-state index >= 15 is 0 Å². The van der Waals surface area contributed by atoms with Gasteiger partial charge in [0.2, 0.25) is 5.95 Å². The van der Waals surface area contributed by atoms with Crippen molar-refractivity contribution in [3.05, 3.63) is 46.0 Å². The van der Waals surface area contributed by atoms with Crippen LogP contribution in [0.1, 0.15) is 10.4 Å². The summed E-state index contributed by atoms with van der Waals surface area (Å²) in [5.74, 6) is -1.43. The number of halogens is 1. The van der Waals surface area contributed by atoms with E-state index < -0.39 is 22.3 Å². The number of carbonyl (C=O) groups excluding carboxylic acids is 1. The molecule has 2 rings (SSSR count). The Labute approximate surface area is 112 Å². The van der Waals surface area contributed by atoms with Crippen molar-refractivity contribution in [2.75, 3.05) is 17.7 Å². The number of amides is 1. The van der Waals surface area contributed by atoms with Gasteiger partial charge in [-0.05, 0) is 6.07 Å². The predicted molar refractivity (Wildman–Crippen MR) is 69.1 cm³/mol. The van der Waals surface area contributed by atoms with E-state index in [0.29, 0.717) is 6.07 Å². The third kappa shape index (κ3) is 2.55. The first-order chi connectivity index (χ1) is 9.52. The maximum atomic E-state index is 13.5. The number of nitrogens with zero attached hydrogens (tertiary/aromatic N) is 2. The molecule has 9 heteroatoms. The number of H-pyrrole nitrogens is 1. The van der Waals surface area contributed by atoms with E-state index in [1.54, 1.807) is 0 Å². The Hall–Kier alpha value is -2.97. The van der Waals surface area contributed by atoms with Gasteiger partial charge in [-0.25, -0.2) is 9.37 Å². The molecule has 0 aliphatic rings. The molecule has 1 amide bonds. The largest absolute Gasteiger partial charge is 0.386 e. The number of nitro benzene ring substituents is 1. The first-order valence-corrected chi connectivity index (χ1v) is 5.49. The van der Waals surface area contributed by atoms with Crippen LogP contribution < -0.4 is 10.6 Å². The molecule has 0 saturated heterocycles. The summed E-state index contributed by atoms with van der Waals surface area (Å²) in [6.45, 7) is 0. The summed E-state index contributed by atoms with van der Waals surface area (Å²) in [5, 5.41) is 15.8. The van der Waals surface area contributed by atoms with Crippen LogP contribution in [0.5, 0.6) is 0 Å². The molecule has 2 aromatic rings. The Morgan fingerprint density at radius 3 is 2.80 bits per heavy atom. The van der Waals surface area contributed by atoms with Crippen molar-refractivity contribution in [2.45, 2.75) is 0 Å². The second-order valence-electron chi connectivity index (χ2n) is 3.75. The molecule has 0 aliphatic carbocycles. The Kier molecular flexibility index (Phi) is 3.60. The SMILES string of the molecule is CNc1cc(C(=O)Nc2ncc[nH]2)c([N+](=O)[O-])cc1F. The Bertz CT molecular complexity index is 656. The van der Waals surface area contributed by atoms with E-state index in [0.717, 1.165) is 6.07 Å². The Morgan fingerprint density at radius 1 is 1.50 bits per heavy atom. The molecular formula is C11H10FN5O3. The van der Waals surface area contributed by atoms with Crippen molar-refractivity contribution in [1.82, 2.24) is 9.97 Å². The van der Waals surface area contributed by atoms with Gasteiger partial charge in [-0.2, -0.15) is 0 Å². The number of benzene rings is 1. The van der Waals surface area contributed by atoms with Crippen LogP contribution in [0.2, 0.25) is 0 Å². The van der Waals surface area contributed by atoms with Gasteiger partial charge in [0.25, 0.3) is 11.6 Å². The quantitative estimate of drug-likeness (QED) is 0.583. The Morgan fingerprint density at radius 2 is 2.25 bits per heavy atom. The van der Waals surface area contributed by atoms with Gasteiger partial charge in [0.1, 0.15) is 5.56 Å². The van der Waals surface area contributed by atoms with Gasteiger partial charge in [-0.15, -0.1) is 0 Å². The highest BCUT2D eigenvalue weighted by molar-refractivity contribution is 6.06. The van der Waals surface area contributed by atoms with Crippen LogP contribution in [0, 0.1) is 15.9 Å². The zero-order valence-corrected chi connectivity index (χ0v) is 10.3. The Balaban J connectivity index is 2.42. The van der Waals surface area contributed by atoms with Crippen LogP contribution in [0.4, 0.5) is 21.7 Å². The monoisotopic (exact) mass is 279 g/mol. The van der Waals surface area contributed by atoms with Gasteiger partial charge >= 0.3 is 0 Å². The summed E-state index contributed by atoms with van der Waals surface area (Å²) in [7, 11) is 1.44. The average Bonchev–Trinajstić information content (AvgIpc) is 2.90. The number of aromatic amines is 1. The van der Waals surface area contributed by atoms with Gasteiger partial charge in [0.05, 0.1) is 16.7 Å². The molecular weight excluding hydrogens is 269 g/mol. The zero-order chi connectivity index (χ0) is 14.7. The lowest BCUT2D eigenvalue weighted by Gasteiger charge is -2.07. The van der Waals surface area contributed by atoms with Gasteiger partial charge < -0.3 is 10.3 Å². The lowest BCUT2D eigenvalue weighted by Crippen LogP contribution is -2.15. The minimum Gasteiger partial charge on any atom is -0.386 e. The van der Waals surface area contributed by atoms with Crippen molar-refractivity contribution in [3.8, 4) is 0 Å². The number of rotatable bonds is 4. The molecule has 20 heavy (non-hydrogen) atoms. The molecule has 1 aromatic heterocycles. The van der Waals surface area contributed by atoms with Crippen molar-refractivity contribution < 1.29 is 14.1 Å². The van der Waals surface area contributed by atoms with Crippen molar-refractivity contribution in [1.29, 1.82) is 0 Å². The summed E-state index contributed by atoms with van der Waals surface area (Å²) in [5.41, 5.74) is -0.900. The summed E-state index contributed by atoms with van der Waals surface area (Å²) >= 11 is 0. The van der Waals surface area contributed by atoms with Crippen LogP contribution in [0.15, 0.2) is 24.5 Å². The van der Waals surface area contributed by atoms with Gasteiger partial charge in [-0.3, -0.25) is 20.2 Å². The number of hydrogen-bond acceptors (Lipinski definition) is 5. The predicted octanol–water partition coefficient (Wildman–Crippen LogP) is 1.75. The topological polar surface area (TPSA) is 113 Å². The number of carbonyl (C=O) groups is 1. The molecule has 0 atom stereocenters. The zero-order valence-electron chi connectivity index (χ0n) is 10.3. The molecule has 0 saturated carbocycles. The van der Waals surface area contributed by atoms with E-state index in [1.165, 1.54) is 19.4 Å². The molecule has 3 N–H and O–H groups in total. The first-order valence-electron chi connectivity index (χ1n) is 5.49. The molecule has 0 radical (unpaired) electrons. The minimum atomic E-state index is -0.820. The van der Waals surface area contributed by atoms with Crippen molar-refractivity contribution in [2.24, 2.45) is 0 Å². The molecule has 0 aliphatic heterocycles. The summed E-state index contributed by atoms with van der Waals surface area (Å²) in [6, 6.07) is 1.77. The number of nitro groups is 1. The smallest absolute Gasteiger partial charge is 0.285 e. The standard InChI is InChI=1S/C11H10FN5O3/c1-13-8-4-6(9(17(19)20)5-7(8)12)10(18)16-11-14-2-3-15-11/h2-5,13H,1H3,(H2,14,15,16,18). The molecule has 1 aromatic carbocycles. The highest BCUT2D eigenvalue weighted by atomic mass is 19.1. The fraction of sp³-hybridized carbons (Fsp3) is 0.0909. The maximum absolute atomic E-state index is 13.5. The molecule has 8 nitrogen and oxygen atoms in total.